The molecule has 0 heterocycles. The smallest absolute Gasteiger partial charge is 0.223 e. The van der Waals surface area contributed by atoms with E-state index >= 15 is 0 Å². The van der Waals surface area contributed by atoms with E-state index in [1.54, 1.807) is 29.2 Å². The number of benzene rings is 1. The van der Waals surface area contributed by atoms with Crippen LogP contribution in [0.1, 0.15) is 38.7 Å². The van der Waals surface area contributed by atoms with E-state index in [-0.39, 0.29) is 18.1 Å². The predicted molar refractivity (Wildman–Crippen MR) is 85.0 cm³/mol. The number of amides is 1. The Bertz CT molecular complexity index is 543. The SMILES string of the molecule is CCCN(CCC)C(=O)CCS(=O)(=O)c1ccc(C)cc1. The third-order valence-electron chi connectivity index (χ3n) is 3.30. The molecule has 0 atom stereocenters. The number of aryl methyl sites for hydroxylation is 1. The summed E-state index contributed by atoms with van der Waals surface area (Å²) < 4.78 is 24.4. The van der Waals surface area contributed by atoms with Gasteiger partial charge in [0.25, 0.3) is 0 Å². The van der Waals surface area contributed by atoms with E-state index in [1.807, 2.05) is 20.8 Å². The van der Waals surface area contributed by atoms with Crippen LogP contribution in [0.3, 0.4) is 0 Å². The summed E-state index contributed by atoms with van der Waals surface area (Å²) in [6.45, 7) is 7.32. The van der Waals surface area contributed by atoms with Crippen molar-refractivity contribution in [2.75, 3.05) is 18.8 Å². The molecule has 0 spiro atoms. The van der Waals surface area contributed by atoms with Crippen LogP contribution in [-0.4, -0.2) is 38.1 Å². The van der Waals surface area contributed by atoms with Gasteiger partial charge in [0.05, 0.1) is 10.6 Å². The highest BCUT2D eigenvalue weighted by atomic mass is 32.2. The predicted octanol–water partition coefficient (Wildman–Crippen LogP) is 2.81. The van der Waals surface area contributed by atoms with Crippen molar-refractivity contribution in [3.05, 3.63) is 29.8 Å². The minimum Gasteiger partial charge on any atom is -0.343 e. The molecule has 0 bridgehead atoms. The van der Waals surface area contributed by atoms with Gasteiger partial charge in [0, 0.05) is 19.5 Å². The first kappa shape index (κ1) is 17.7. The number of rotatable bonds is 8. The Morgan fingerprint density at radius 2 is 1.57 bits per heavy atom. The molecule has 118 valence electrons. The lowest BCUT2D eigenvalue weighted by atomic mass is 10.2. The fourth-order valence-electron chi connectivity index (χ4n) is 2.14. The van der Waals surface area contributed by atoms with E-state index in [9.17, 15) is 13.2 Å². The van der Waals surface area contributed by atoms with Crippen molar-refractivity contribution in [1.82, 2.24) is 4.90 Å². The maximum atomic E-state index is 12.2. The molecule has 4 nitrogen and oxygen atoms in total. The van der Waals surface area contributed by atoms with Gasteiger partial charge in [-0.15, -0.1) is 0 Å². The molecule has 0 N–H and O–H groups in total. The zero-order chi connectivity index (χ0) is 15.9. The van der Waals surface area contributed by atoms with Crippen LogP contribution in [0.15, 0.2) is 29.2 Å². The second-order valence-corrected chi connectivity index (χ2v) is 7.37. The summed E-state index contributed by atoms with van der Waals surface area (Å²) >= 11 is 0. The summed E-state index contributed by atoms with van der Waals surface area (Å²) in [6.07, 6.45) is 1.82. The number of nitrogens with zero attached hydrogens (tertiary/aromatic N) is 1. The number of hydrogen-bond acceptors (Lipinski definition) is 3. The molecule has 0 aliphatic rings. The lowest BCUT2D eigenvalue weighted by Gasteiger charge is -2.21. The van der Waals surface area contributed by atoms with E-state index in [0.717, 1.165) is 18.4 Å². The summed E-state index contributed by atoms with van der Waals surface area (Å²) in [5.74, 6) is -0.201. The summed E-state index contributed by atoms with van der Waals surface area (Å²) in [7, 11) is -3.38. The summed E-state index contributed by atoms with van der Waals surface area (Å²) in [5, 5.41) is 0. The van der Waals surface area contributed by atoms with Crippen LogP contribution in [0.5, 0.6) is 0 Å². The number of carbonyl (C=O) groups is 1. The number of carbonyl (C=O) groups excluding carboxylic acids is 1. The van der Waals surface area contributed by atoms with Gasteiger partial charge in [0.15, 0.2) is 9.84 Å². The van der Waals surface area contributed by atoms with Crippen molar-refractivity contribution in [1.29, 1.82) is 0 Å². The van der Waals surface area contributed by atoms with E-state index in [1.165, 1.54) is 0 Å². The Balaban J connectivity index is 2.68. The van der Waals surface area contributed by atoms with Crippen molar-refractivity contribution in [2.24, 2.45) is 0 Å². The zero-order valence-corrected chi connectivity index (χ0v) is 13.9. The van der Waals surface area contributed by atoms with Gasteiger partial charge in [-0.3, -0.25) is 4.79 Å². The second-order valence-electron chi connectivity index (χ2n) is 5.26. The number of hydrogen-bond donors (Lipinski definition) is 0. The Kier molecular flexibility index (Phi) is 6.89. The van der Waals surface area contributed by atoms with Crippen LogP contribution in [0.2, 0.25) is 0 Å². The molecule has 0 radical (unpaired) electrons. The van der Waals surface area contributed by atoms with Crippen molar-refractivity contribution in [2.45, 2.75) is 44.9 Å². The van der Waals surface area contributed by atoms with Crippen molar-refractivity contribution in [3.8, 4) is 0 Å². The molecule has 1 aromatic carbocycles. The van der Waals surface area contributed by atoms with Gasteiger partial charge in [-0.25, -0.2) is 8.42 Å². The molecule has 0 unspecified atom stereocenters. The quantitative estimate of drug-likeness (QED) is 0.742. The molecule has 1 aromatic rings. The standard InChI is InChI=1S/C16H25NO3S/c1-4-11-17(12-5-2)16(18)10-13-21(19,20)15-8-6-14(3)7-9-15/h6-9H,4-5,10-13H2,1-3H3. The molecule has 1 rings (SSSR count). The summed E-state index contributed by atoms with van der Waals surface area (Å²) in [6, 6.07) is 6.75. The molecule has 0 fully saturated rings. The van der Waals surface area contributed by atoms with Crippen molar-refractivity contribution in [3.63, 3.8) is 0 Å². The normalized spacial score (nSPS) is 11.4. The molecule has 0 aromatic heterocycles. The minimum atomic E-state index is -3.38. The third-order valence-corrected chi connectivity index (χ3v) is 5.04. The molecular weight excluding hydrogens is 286 g/mol. The topological polar surface area (TPSA) is 54.5 Å². The van der Waals surface area contributed by atoms with Gasteiger partial charge in [-0.05, 0) is 31.9 Å². The fraction of sp³-hybridized carbons (Fsp3) is 0.562. The lowest BCUT2D eigenvalue weighted by molar-refractivity contribution is -0.130. The molecule has 0 saturated heterocycles. The van der Waals surface area contributed by atoms with Crippen LogP contribution in [0.25, 0.3) is 0 Å². The lowest BCUT2D eigenvalue weighted by Crippen LogP contribution is -2.33. The number of sulfone groups is 1. The molecule has 5 heteroatoms. The van der Waals surface area contributed by atoms with Crippen LogP contribution < -0.4 is 0 Å². The maximum absolute atomic E-state index is 12.2. The minimum absolute atomic E-state index is 0.0518. The Morgan fingerprint density at radius 3 is 2.05 bits per heavy atom. The monoisotopic (exact) mass is 311 g/mol. The third kappa shape index (κ3) is 5.50. The van der Waals surface area contributed by atoms with Gasteiger partial charge >= 0.3 is 0 Å². The molecule has 21 heavy (non-hydrogen) atoms. The zero-order valence-electron chi connectivity index (χ0n) is 13.1. The van der Waals surface area contributed by atoms with E-state index < -0.39 is 9.84 Å². The van der Waals surface area contributed by atoms with Gasteiger partial charge in [-0.1, -0.05) is 31.5 Å². The largest absolute Gasteiger partial charge is 0.343 e. The molecule has 0 saturated carbocycles. The summed E-state index contributed by atoms with van der Waals surface area (Å²) in [4.78, 5) is 14.2. The maximum Gasteiger partial charge on any atom is 0.223 e. The van der Waals surface area contributed by atoms with Gasteiger partial charge in [0.1, 0.15) is 0 Å². The summed E-state index contributed by atoms with van der Waals surface area (Å²) in [5.41, 5.74) is 1.02. The average Bonchev–Trinajstić information content (AvgIpc) is 2.45. The fourth-order valence-corrected chi connectivity index (χ4v) is 3.37. The van der Waals surface area contributed by atoms with Crippen LogP contribution in [-0.2, 0) is 14.6 Å². The van der Waals surface area contributed by atoms with E-state index in [4.69, 9.17) is 0 Å². The first-order chi connectivity index (χ1) is 9.90. The van der Waals surface area contributed by atoms with Crippen molar-refractivity contribution < 1.29 is 13.2 Å². The highest BCUT2D eigenvalue weighted by Crippen LogP contribution is 2.13. The Labute approximate surface area is 128 Å². The van der Waals surface area contributed by atoms with Crippen LogP contribution >= 0.6 is 0 Å². The Hall–Kier alpha value is -1.36. The van der Waals surface area contributed by atoms with Crippen LogP contribution in [0, 0.1) is 6.92 Å². The van der Waals surface area contributed by atoms with Gasteiger partial charge in [-0.2, -0.15) is 0 Å². The molecule has 0 aliphatic heterocycles. The first-order valence-electron chi connectivity index (χ1n) is 7.48. The van der Waals surface area contributed by atoms with Crippen LogP contribution in [0.4, 0.5) is 0 Å². The second kappa shape index (κ2) is 8.17. The average molecular weight is 311 g/mol. The molecule has 0 aliphatic carbocycles. The van der Waals surface area contributed by atoms with Gasteiger partial charge in [0.2, 0.25) is 5.91 Å². The molecule has 1 amide bonds. The first-order valence-corrected chi connectivity index (χ1v) is 9.13. The highest BCUT2D eigenvalue weighted by Gasteiger charge is 2.19. The van der Waals surface area contributed by atoms with Crippen molar-refractivity contribution >= 4 is 15.7 Å². The van der Waals surface area contributed by atoms with E-state index in [0.29, 0.717) is 18.0 Å². The molecular formula is C16H25NO3S. The highest BCUT2D eigenvalue weighted by molar-refractivity contribution is 7.91. The van der Waals surface area contributed by atoms with Gasteiger partial charge < -0.3 is 4.90 Å². The Morgan fingerprint density at radius 1 is 1.05 bits per heavy atom. The van der Waals surface area contributed by atoms with E-state index in [2.05, 4.69) is 0 Å².